The van der Waals surface area contributed by atoms with Crippen LogP contribution in [0.3, 0.4) is 0 Å². The molecular formula is C60H71N3O+2. The lowest BCUT2D eigenvalue weighted by atomic mass is 9.58. The van der Waals surface area contributed by atoms with E-state index in [4.69, 9.17) is 4.42 Å². The third-order valence-electron chi connectivity index (χ3n) is 15.7. The van der Waals surface area contributed by atoms with Gasteiger partial charge in [-0.2, -0.15) is 9.13 Å². The minimum atomic E-state index is -0.149. The predicted octanol–water partition coefficient (Wildman–Crippen LogP) is 15.5. The molecule has 64 heavy (non-hydrogen) atoms. The summed E-state index contributed by atoms with van der Waals surface area (Å²) in [5.41, 5.74) is 17.8. The highest BCUT2D eigenvalue weighted by atomic mass is 16.3. The van der Waals surface area contributed by atoms with E-state index in [1.807, 2.05) is 0 Å². The molecule has 0 saturated carbocycles. The molecule has 0 amide bonds. The molecule has 9 rings (SSSR count). The summed E-state index contributed by atoms with van der Waals surface area (Å²) in [5, 5.41) is 2.44. The summed E-state index contributed by atoms with van der Waals surface area (Å²) in [6.07, 6.45) is 11.1. The number of hydrogen-bond donors (Lipinski definition) is 0. The number of imidazole rings is 1. The summed E-state index contributed by atoms with van der Waals surface area (Å²) in [6, 6.07) is 41.8. The standard InChI is InChI=1S/C60H71N3O/c1-12-15-22-42-30-31-48-49-32-33-50-55(57(49)64-54(48)37-42)53-38-44(39(4)5)34-36-62(53)60(14-3,59(50,10)13-2)35-21-24-43-23-16-17-25-47(43)58-61(11)51-28-18-19-29-52(51)63(58)56-45(40(6)7)26-20-27-46(56)41(8)9/h16-20,23,25-34,36-41H,12-15,21-22,24,35H2,1-11H3/q+2. The fourth-order valence-electron chi connectivity index (χ4n) is 11.9. The Morgan fingerprint density at radius 1 is 0.688 bits per heavy atom. The van der Waals surface area contributed by atoms with Crippen LogP contribution >= 0.6 is 0 Å². The SMILES string of the molecule is CCCCc1ccc2c(c1)oc1c3c(ccc12)C(C)(CC)C(CC)(CCCc1ccccc1-c1n(-c2c(C(C)C)cccc2C(C)C)c2ccccc2[n+]1C)[n+]1ccc(C(C)C)cc1-3. The van der Waals surface area contributed by atoms with Crippen molar-refractivity contribution in [2.24, 2.45) is 7.05 Å². The van der Waals surface area contributed by atoms with Gasteiger partial charge in [-0.1, -0.05) is 142 Å². The molecular weight excluding hydrogens is 779 g/mol. The highest BCUT2D eigenvalue weighted by Gasteiger charge is 2.59. The number of fused-ring (bicyclic) bond motifs is 8. The monoisotopic (exact) mass is 850 g/mol. The number of benzene rings is 5. The third-order valence-corrected chi connectivity index (χ3v) is 15.7. The van der Waals surface area contributed by atoms with Gasteiger partial charge in [-0.3, -0.25) is 0 Å². The van der Waals surface area contributed by atoms with Gasteiger partial charge in [-0.25, -0.2) is 4.57 Å². The Bertz CT molecular complexity index is 2990. The summed E-state index contributed by atoms with van der Waals surface area (Å²) < 4.78 is 14.8. The van der Waals surface area contributed by atoms with Gasteiger partial charge in [-0.15, -0.1) is 0 Å². The van der Waals surface area contributed by atoms with Crippen molar-refractivity contribution in [1.82, 2.24) is 4.57 Å². The lowest BCUT2D eigenvalue weighted by Gasteiger charge is -2.48. The largest absolute Gasteiger partial charge is 0.455 e. The zero-order valence-corrected chi connectivity index (χ0v) is 40.6. The zero-order valence-electron chi connectivity index (χ0n) is 40.6. The van der Waals surface area contributed by atoms with Crippen LogP contribution in [-0.4, -0.2) is 4.57 Å². The number of aryl methyl sites for hydroxylation is 3. The summed E-state index contributed by atoms with van der Waals surface area (Å²) >= 11 is 0. The minimum Gasteiger partial charge on any atom is -0.455 e. The first kappa shape index (κ1) is 43.8. The van der Waals surface area contributed by atoms with Gasteiger partial charge in [0.2, 0.25) is 5.69 Å². The van der Waals surface area contributed by atoms with Gasteiger partial charge in [0.05, 0.1) is 23.6 Å². The van der Waals surface area contributed by atoms with Crippen molar-refractivity contribution in [1.29, 1.82) is 0 Å². The van der Waals surface area contributed by atoms with Gasteiger partial charge < -0.3 is 4.42 Å². The van der Waals surface area contributed by atoms with Crippen LogP contribution in [0.5, 0.6) is 0 Å². The van der Waals surface area contributed by atoms with E-state index in [1.165, 1.54) is 96.4 Å². The van der Waals surface area contributed by atoms with Crippen LogP contribution in [0.15, 0.2) is 120 Å². The average Bonchev–Trinajstić information content (AvgIpc) is 3.82. The quantitative estimate of drug-likeness (QED) is 0.100. The van der Waals surface area contributed by atoms with E-state index in [9.17, 15) is 0 Å². The second-order valence-corrected chi connectivity index (χ2v) is 20.2. The Hall–Kier alpha value is -5.48. The van der Waals surface area contributed by atoms with Gasteiger partial charge >= 0.3 is 0 Å². The summed E-state index contributed by atoms with van der Waals surface area (Å²) in [7, 11) is 2.26. The van der Waals surface area contributed by atoms with E-state index in [2.05, 4.69) is 205 Å². The van der Waals surface area contributed by atoms with Crippen molar-refractivity contribution in [3.63, 3.8) is 0 Å². The van der Waals surface area contributed by atoms with E-state index in [0.29, 0.717) is 17.8 Å². The molecule has 8 aromatic rings. The Morgan fingerprint density at radius 2 is 1.41 bits per heavy atom. The number of pyridine rings is 1. The molecule has 1 aliphatic heterocycles. The molecule has 0 fully saturated rings. The van der Waals surface area contributed by atoms with E-state index in [1.54, 1.807) is 0 Å². The number of para-hydroxylation sites is 3. The summed E-state index contributed by atoms with van der Waals surface area (Å²) in [4.78, 5) is 0. The first-order chi connectivity index (χ1) is 30.9. The first-order valence-electron chi connectivity index (χ1n) is 24.6. The maximum atomic E-state index is 7.06. The molecule has 3 aromatic heterocycles. The van der Waals surface area contributed by atoms with Gasteiger partial charge in [-0.05, 0) is 103 Å². The van der Waals surface area contributed by atoms with Crippen LogP contribution in [0.4, 0.5) is 0 Å². The smallest absolute Gasteiger partial charge is 0.295 e. The first-order valence-corrected chi connectivity index (χ1v) is 24.6. The Kier molecular flexibility index (Phi) is 11.7. The maximum Gasteiger partial charge on any atom is 0.295 e. The molecule has 1 aliphatic rings. The van der Waals surface area contributed by atoms with Gasteiger partial charge in [0.25, 0.3) is 5.82 Å². The van der Waals surface area contributed by atoms with Gasteiger partial charge in [0, 0.05) is 46.9 Å². The van der Waals surface area contributed by atoms with Crippen molar-refractivity contribution in [2.75, 3.05) is 0 Å². The van der Waals surface area contributed by atoms with Crippen molar-refractivity contribution in [3.05, 3.63) is 149 Å². The molecule has 2 atom stereocenters. The fraction of sp³-hybridized carbons (Fsp3) is 0.400. The molecule has 0 radical (unpaired) electrons. The predicted molar refractivity (Wildman–Crippen MR) is 269 cm³/mol. The maximum absolute atomic E-state index is 7.06. The van der Waals surface area contributed by atoms with Crippen molar-refractivity contribution < 1.29 is 13.6 Å². The number of rotatable bonds is 14. The van der Waals surface area contributed by atoms with E-state index in [-0.39, 0.29) is 11.0 Å². The Labute approximate surface area is 383 Å². The fourth-order valence-corrected chi connectivity index (χ4v) is 11.9. The van der Waals surface area contributed by atoms with E-state index >= 15 is 0 Å². The van der Waals surface area contributed by atoms with Gasteiger partial charge in [0.1, 0.15) is 16.9 Å². The topological polar surface area (TPSA) is 25.8 Å². The molecule has 0 bridgehead atoms. The average molecular weight is 850 g/mol. The third kappa shape index (κ3) is 6.85. The molecule has 0 saturated heterocycles. The highest BCUT2D eigenvalue weighted by molar-refractivity contribution is 6.10. The summed E-state index contributed by atoms with van der Waals surface area (Å²) in [5.74, 6) is 2.42. The minimum absolute atomic E-state index is 0.139. The normalized spacial score (nSPS) is 17.4. The van der Waals surface area contributed by atoms with Crippen molar-refractivity contribution in [2.45, 2.75) is 149 Å². The number of unbranched alkanes of at least 4 members (excludes halogenated alkanes) is 1. The van der Waals surface area contributed by atoms with Crippen molar-refractivity contribution in [3.8, 4) is 28.3 Å². The second-order valence-electron chi connectivity index (χ2n) is 20.2. The summed E-state index contributed by atoms with van der Waals surface area (Å²) in [6.45, 7) is 23.7. The molecule has 4 heterocycles. The van der Waals surface area contributed by atoms with E-state index < -0.39 is 0 Å². The number of nitrogens with zero attached hydrogens (tertiary/aromatic N) is 3. The number of aromatic nitrogens is 3. The molecule has 330 valence electrons. The van der Waals surface area contributed by atoms with Crippen LogP contribution in [0.2, 0.25) is 0 Å². The van der Waals surface area contributed by atoms with E-state index in [0.717, 1.165) is 49.7 Å². The van der Waals surface area contributed by atoms with Crippen LogP contribution in [-0.2, 0) is 30.8 Å². The van der Waals surface area contributed by atoms with Gasteiger partial charge in [0.15, 0.2) is 22.8 Å². The zero-order chi connectivity index (χ0) is 45.1. The highest BCUT2D eigenvalue weighted by Crippen LogP contribution is 2.54. The number of furan rings is 1. The lowest BCUT2D eigenvalue weighted by Crippen LogP contribution is -2.69. The molecule has 2 unspecified atom stereocenters. The van der Waals surface area contributed by atoms with Crippen LogP contribution in [0, 0.1) is 0 Å². The molecule has 0 spiro atoms. The van der Waals surface area contributed by atoms with Crippen LogP contribution in [0.1, 0.15) is 159 Å². The molecule has 4 heteroatoms. The molecule has 4 nitrogen and oxygen atoms in total. The molecule has 5 aromatic carbocycles. The Morgan fingerprint density at radius 3 is 2.11 bits per heavy atom. The second kappa shape index (κ2) is 17.1. The van der Waals surface area contributed by atoms with Crippen molar-refractivity contribution >= 4 is 33.0 Å². The van der Waals surface area contributed by atoms with Crippen LogP contribution < -0.4 is 9.13 Å². The molecule has 0 aliphatic carbocycles. The Balaban J connectivity index is 1.17. The lowest BCUT2D eigenvalue weighted by molar-refractivity contribution is -0.770. The van der Waals surface area contributed by atoms with Crippen LogP contribution in [0.25, 0.3) is 61.3 Å². The number of hydrogen-bond acceptors (Lipinski definition) is 1. The molecule has 0 N–H and O–H groups in total.